The normalized spacial score (nSPS) is 11.8. The summed E-state index contributed by atoms with van der Waals surface area (Å²) in [7, 11) is 3.42. The standard InChI is InChI=1S/C14H20N6O3/c1-10(13-19-16-9-20(13)2)17-14(21)18-11-4-5-12(15-8-11)23-7-6-22-3/h4-5,8-10H,6-7H2,1-3H3,(H2,17,18,21)/t10-/m0/s1. The predicted octanol–water partition coefficient (Wildman–Crippen LogP) is 1.12. The lowest BCUT2D eigenvalue weighted by Gasteiger charge is -2.13. The highest BCUT2D eigenvalue weighted by molar-refractivity contribution is 5.89. The minimum absolute atomic E-state index is 0.271. The lowest BCUT2D eigenvalue weighted by Crippen LogP contribution is -2.32. The molecule has 2 rings (SSSR count). The van der Waals surface area contributed by atoms with Crippen molar-refractivity contribution in [1.82, 2.24) is 25.1 Å². The largest absolute Gasteiger partial charge is 0.475 e. The summed E-state index contributed by atoms with van der Waals surface area (Å²) in [6.45, 7) is 2.74. The molecule has 0 aliphatic carbocycles. The van der Waals surface area contributed by atoms with Gasteiger partial charge in [-0.25, -0.2) is 9.78 Å². The third kappa shape index (κ3) is 4.92. The smallest absolute Gasteiger partial charge is 0.319 e. The molecule has 0 fully saturated rings. The Hall–Kier alpha value is -2.68. The number of rotatable bonds is 7. The number of amides is 2. The highest BCUT2D eigenvalue weighted by Crippen LogP contribution is 2.12. The Kier molecular flexibility index (Phi) is 5.87. The van der Waals surface area contributed by atoms with Crippen molar-refractivity contribution in [3.05, 3.63) is 30.5 Å². The Morgan fingerprint density at radius 1 is 1.39 bits per heavy atom. The van der Waals surface area contributed by atoms with Crippen LogP contribution in [0.2, 0.25) is 0 Å². The second kappa shape index (κ2) is 8.08. The number of nitrogens with one attached hydrogen (secondary N) is 2. The second-order valence-electron chi connectivity index (χ2n) is 4.85. The van der Waals surface area contributed by atoms with Crippen LogP contribution in [0.3, 0.4) is 0 Å². The van der Waals surface area contributed by atoms with Gasteiger partial charge in [-0.05, 0) is 13.0 Å². The van der Waals surface area contributed by atoms with Crippen LogP contribution in [-0.4, -0.2) is 46.1 Å². The van der Waals surface area contributed by atoms with Crippen LogP contribution < -0.4 is 15.4 Å². The number of pyridine rings is 1. The summed E-state index contributed by atoms with van der Waals surface area (Å²) in [6, 6.07) is 2.77. The third-order valence-corrected chi connectivity index (χ3v) is 3.01. The Morgan fingerprint density at radius 3 is 2.83 bits per heavy atom. The Morgan fingerprint density at radius 2 is 2.22 bits per heavy atom. The second-order valence-corrected chi connectivity index (χ2v) is 4.85. The zero-order valence-electron chi connectivity index (χ0n) is 13.3. The van der Waals surface area contributed by atoms with Gasteiger partial charge in [-0.15, -0.1) is 10.2 Å². The van der Waals surface area contributed by atoms with E-state index < -0.39 is 0 Å². The summed E-state index contributed by atoms with van der Waals surface area (Å²) < 4.78 is 12.0. The Balaban J connectivity index is 1.84. The summed E-state index contributed by atoms with van der Waals surface area (Å²) in [5, 5.41) is 13.2. The fraction of sp³-hybridized carbons (Fsp3) is 0.429. The summed E-state index contributed by atoms with van der Waals surface area (Å²) in [5.74, 6) is 1.14. The summed E-state index contributed by atoms with van der Waals surface area (Å²) >= 11 is 0. The first-order chi connectivity index (χ1) is 11.1. The number of methoxy groups -OCH3 is 1. The molecule has 0 aliphatic heterocycles. The van der Waals surface area contributed by atoms with Gasteiger partial charge in [0.15, 0.2) is 5.82 Å². The van der Waals surface area contributed by atoms with E-state index in [1.165, 1.54) is 6.20 Å². The Bertz CT molecular complexity index is 628. The van der Waals surface area contributed by atoms with E-state index in [4.69, 9.17) is 9.47 Å². The molecule has 2 amide bonds. The molecule has 0 aromatic carbocycles. The topological polar surface area (TPSA) is 103 Å². The van der Waals surface area contributed by atoms with Gasteiger partial charge in [0.2, 0.25) is 5.88 Å². The van der Waals surface area contributed by atoms with E-state index in [2.05, 4.69) is 25.8 Å². The quantitative estimate of drug-likeness (QED) is 0.741. The molecule has 9 nitrogen and oxygen atoms in total. The number of nitrogens with zero attached hydrogens (tertiary/aromatic N) is 4. The van der Waals surface area contributed by atoms with Gasteiger partial charge in [0.1, 0.15) is 12.9 Å². The number of hydrogen-bond acceptors (Lipinski definition) is 6. The average Bonchev–Trinajstić information content (AvgIpc) is 2.95. The minimum Gasteiger partial charge on any atom is -0.475 e. The fourth-order valence-electron chi connectivity index (χ4n) is 1.88. The van der Waals surface area contributed by atoms with E-state index in [1.54, 1.807) is 30.1 Å². The molecule has 23 heavy (non-hydrogen) atoms. The lowest BCUT2D eigenvalue weighted by atomic mass is 10.3. The van der Waals surface area contributed by atoms with Crippen molar-refractivity contribution in [2.45, 2.75) is 13.0 Å². The van der Waals surface area contributed by atoms with Crippen molar-refractivity contribution < 1.29 is 14.3 Å². The molecule has 0 bridgehead atoms. The molecule has 0 saturated heterocycles. The monoisotopic (exact) mass is 320 g/mol. The van der Waals surface area contributed by atoms with Gasteiger partial charge >= 0.3 is 6.03 Å². The van der Waals surface area contributed by atoms with Crippen molar-refractivity contribution in [1.29, 1.82) is 0 Å². The van der Waals surface area contributed by atoms with E-state index in [0.29, 0.717) is 30.6 Å². The maximum atomic E-state index is 12.0. The van der Waals surface area contributed by atoms with Gasteiger partial charge < -0.3 is 24.7 Å². The number of anilines is 1. The van der Waals surface area contributed by atoms with Crippen LogP contribution in [0.25, 0.3) is 0 Å². The molecule has 0 aliphatic rings. The molecule has 1 atom stereocenters. The number of urea groups is 1. The summed E-state index contributed by atoms with van der Waals surface area (Å²) in [5.41, 5.74) is 0.562. The molecule has 0 spiro atoms. The number of carbonyl (C=O) groups excluding carboxylic acids is 1. The maximum Gasteiger partial charge on any atom is 0.319 e. The fourth-order valence-corrected chi connectivity index (χ4v) is 1.88. The van der Waals surface area contributed by atoms with Gasteiger partial charge in [-0.1, -0.05) is 0 Å². The van der Waals surface area contributed by atoms with Gasteiger partial charge in [-0.2, -0.15) is 0 Å². The minimum atomic E-state index is -0.352. The summed E-state index contributed by atoms with van der Waals surface area (Å²) in [4.78, 5) is 16.1. The molecular formula is C14H20N6O3. The molecule has 2 aromatic heterocycles. The van der Waals surface area contributed by atoms with E-state index in [1.807, 2.05) is 14.0 Å². The molecular weight excluding hydrogens is 300 g/mol. The van der Waals surface area contributed by atoms with Gasteiger partial charge in [-0.3, -0.25) is 0 Å². The van der Waals surface area contributed by atoms with Crippen LogP contribution in [0.5, 0.6) is 5.88 Å². The van der Waals surface area contributed by atoms with Crippen LogP contribution in [0, 0.1) is 0 Å². The lowest BCUT2D eigenvalue weighted by molar-refractivity contribution is 0.144. The number of aromatic nitrogens is 4. The van der Waals surface area contributed by atoms with Crippen LogP contribution in [0.15, 0.2) is 24.7 Å². The van der Waals surface area contributed by atoms with Crippen molar-refractivity contribution in [2.75, 3.05) is 25.6 Å². The average molecular weight is 320 g/mol. The highest BCUT2D eigenvalue weighted by atomic mass is 16.5. The Labute approximate surface area is 134 Å². The van der Waals surface area contributed by atoms with E-state index in [9.17, 15) is 4.79 Å². The number of carbonyl (C=O) groups is 1. The molecule has 2 N–H and O–H groups in total. The van der Waals surface area contributed by atoms with Gasteiger partial charge in [0.05, 0.1) is 24.5 Å². The first-order valence-corrected chi connectivity index (χ1v) is 7.09. The number of hydrogen-bond donors (Lipinski definition) is 2. The molecule has 0 radical (unpaired) electrons. The SMILES string of the molecule is COCCOc1ccc(NC(=O)N[C@@H](C)c2nncn2C)cn1. The molecule has 2 heterocycles. The number of ether oxygens (including phenoxy) is 2. The molecule has 9 heteroatoms. The van der Waals surface area contributed by atoms with E-state index in [0.717, 1.165) is 0 Å². The predicted molar refractivity (Wildman–Crippen MR) is 83.2 cm³/mol. The van der Waals surface area contributed by atoms with E-state index in [-0.39, 0.29) is 12.1 Å². The van der Waals surface area contributed by atoms with Crippen LogP contribution in [-0.2, 0) is 11.8 Å². The van der Waals surface area contributed by atoms with Crippen molar-refractivity contribution in [3.63, 3.8) is 0 Å². The third-order valence-electron chi connectivity index (χ3n) is 3.01. The summed E-state index contributed by atoms with van der Waals surface area (Å²) in [6.07, 6.45) is 3.10. The highest BCUT2D eigenvalue weighted by Gasteiger charge is 2.14. The van der Waals surface area contributed by atoms with Gasteiger partial charge in [0.25, 0.3) is 0 Å². The van der Waals surface area contributed by atoms with Crippen LogP contribution in [0.1, 0.15) is 18.8 Å². The zero-order valence-corrected chi connectivity index (χ0v) is 13.3. The molecule has 124 valence electrons. The first-order valence-electron chi connectivity index (χ1n) is 7.09. The van der Waals surface area contributed by atoms with Crippen LogP contribution in [0.4, 0.5) is 10.5 Å². The van der Waals surface area contributed by atoms with Crippen molar-refractivity contribution in [2.24, 2.45) is 7.05 Å². The molecule has 0 saturated carbocycles. The zero-order chi connectivity index (χ0) is 16.7. The molecule has 2 aromatic rings. The number of aryl methyl sites for hydroxylation is 1. The van der Waals surface area contributed by atoms with Crippen LogP contribution >= 0.6 is 0 Å². The first kappa shape index (κ1) is 16.7. The van der Waals surface area contributed by atoms with E-state index >= 15 is 0 Å². The maximum absolute atomic E-state index is 12.0. The van der Waals surface area contributed by atoms with Crippen molar-refractivity contribution in [3.8, 4) is 5.88 Å². The molecule has 0 unspecified atom stereocenters. The van der Waals surface area contributed by atoms with Crippen molar-refractivity contribution >= 4 is 11.7 Å². The van der Waals surface area contributed by atoms with Gasteiger partial charge in [0, 0.05) is 20.2 Å².